The lowest BCUT2D eigenvalue weighted by molar-refractivity contribution is 0.876. The zero-order chi connectivity index (χ0) is 8.27. The molecule has 1 heterocycles. The number of aromatic nitrogens is 2. The van der Waals surface area contributed by atoms with Gasteiger partial charge in [0.15, 0.2) is 0 Å². The zero-order valence-corrected chi connectivity index (χ0v) is 7.10. The molecule has 0 aliphatic rings. The van der Waals surface area contributed by atoms with Gasteiger partial charge in [0.25, 0.3) is 0 Å². The van der Waals surface area contributed by atoms with Gasteiger partial charge in [-0.3, -0.25) is 0 Å². The maximum atomic E-state index is 5.70. The largest absolute Gasteiger partial charge is 0.325 e. The minimum absolute atomic E-state index is 0.412. The topological polar surface area (TPSA) is 51.8 Å². The van der Waals surface area contributed by atoms with Gasteiger partial charge in [0.1, 0.15) is 11.0 Å². The monoisotopic (exact) mass is 171 g/mol. The fourth-order valence-electron chi connectivity index (χ4n) is 0.779. The van der Waals surface area contributed by atoms with Crippen molar-refractivity contribution < 1.29 is 0 Å². The first-order valence-electron chi connectivity index (χ1n) is 3.48. The van der Waals surface area contributed by atoms with E-state index in [-0.39, 0.29) is 0 Å². The lowest BCUT2D eigenvalue weighted by atomic mass is 10.4. The van der Waals surface area contributed by atoms with E-state index in [1.807, 2.05) is 6.92 Å². The standard InChI is InChI=1S/C7H10ClN3/c1-2-7-10-5(4-9)3-6(8)11-7/h3H,2,4,9H2,1H3. The summed E-state index contributed by atoms with van der Waals surface area (Å²) in [7, 11) is 0. The number of aryl methyl sites for hydroxylation is 1. The summed E-state index contributed by atoms with van der Waals surface area (Å²) in [5.74, 6) is 0.748. The summed E-state index contributed by atoms with van der Waals surface area (Å²) >= 11 is 5.70. The van der Waals surface area contributed by atoms with Gasteiger partial charge in [-0.05, 0) is 6.07 Å². The van der Waals surface area contributed by atoms with Crippen molar-refractivity contribution in [1.29, 1.82) is 0 Å². The van der Waals surface area contributed by atoms with E-state index in [1.165, 1.54) is 0 Å². The molecule has 0 fully saturated rings. The Labute approximate surface area is 70.6 Å². The van der Waals surface area contributed by atoms with Crippen molar-refractivity contribution in [1.82, 2.24) is 9.97 Å². The van der Waals surface area contributed by atoms with Gasteiger partial charge in [-0.1, -0.05) is 18.5 Å². The van der Waals surface area contributed by atoms with Crippen molar-refractivity contribution in [2.24, 2.45) is 5.73 Å². The van der Waals surface area contributed by atoms with Crippen LogP contribution in [0.3, 0.4) is 0 Å². The first-order chi connectivity index (χ1) is 5.26. The molecule has 0 aromatic carbocycles. The number of hydrogen-bond donors (Lipinski definition) is 1. The van der Waals surface area contributed by atoms with Gasteiger partial charge in [-0.2, -0.15) is 0 Å². The Morgan fingerprint density at radius 1 is 1.55 bits per heavy atom. The SMILES string of the molecule is CCc1nc(Cl)cc(CN)n1. The van der Waals surface area contributed by atoms with Crippen molar-refractivity contribution in [2.75, 3.05) is 0 Å². The van der Waals surface area contributed by atoms with E-state index < -0.39 is 0 Å². The Bertz CT molecular complexity index is 227. The number of hydrogen-bond acceptors (Lipinski definition) is 3. The minimum Gasteiger partial charge on any atom is -0.325 e. The summed E-state index contributed by atoms with van der Waals surface area (Å²) in [5.41, 5.74) is 6.19. The average molecular weight is 172 g/mol. The molecule has 0 amide bonds. The second-order valence-electron chi connectivity index (χ2n) is 2.16. The highest BCUT2D eigenvalue weighted by molar-refractivity contribution is 6.29. The second kappa shape index (κ2) is 3.64. The third-order valence-corrected chi connectivity index (χ3v) is 1.51. The zero-order valence-electron chi connectivity index (χ0n) is 6.34. The molecule has 0 spiro atoms. The van der Waals surface area contributed by atoms with E-state index in [9.17, 15) is 0 Å². The molecule has 4 heteroatoms. The lowest BCUT2D eigenvalue weighted by Gasteiger charge is -1.99. The number of halogens is 1. The van der Waals surface area contributed by atoms with Gasteiger partial charge in [0.05, 0.1) is 5.69 Å². The van der Waals surface area contributed by atoms with Crippen molar-refractivity contribution >= 4 is 11.6 Å². The molecule has 0 aliphatic heterocycles. The lowest BCUT2D eigenvalue weighted by Crippen LogP contribution is -2.03. The molecule has 1 rings (SSSR count). The minimum atomic E-state index is 0.412. The molecular weight excluding hydrogens is 162 g/mol. The summed E-state index contributed by atoms with van der Waals surface area (Å²) < 4.78 is 0. The predicted molar refractivity (Wildman–Crippen MR) is 44.3 cm³/mol. The first kappa shape index (κ1) is 8.43. The van der Waals surface area contributed by atoms with Gasteiger partial charge >= 0.3 is 0 Å². The molecule has 1 aromatic rings. The summed E-state index contributed by atoms with van der Waals surface area (Å²) in [6.45, 7) is 2.39. The van der Waals surface area contributed by atoms with E-state index in [0.717, 1.165) is 17.9 Å². The summed E-state index contributed by atoms with van der Waals surface area (Å²) in [4.78, 5) is 8.15. The Morgan fingerprint density at radius 3 is 2.82 bits per heavy atom. The van der Waals surface area contributed by atoms with Gasteiger partial charge in [0, 0.05) is 13.0 Å². The first-order valence-corrected chi connectivity index (χ1v) is 3.86. The molecule has 0 unspecified atom stereocenters. The number of nitrogens with two attached hydrogens (primary N) is 1. The average Bonchev–Trinajstić information content (AvgIpc) is 2.03. The summed E-state index contributed by atoms with van der Waals surface area (Å²) in [6.07, 6.45) is 0.785. The quantitative estimate of drug-likeness (QED) is 0.680. The van der Waals surface area contributed by atoms with Crippen LogP contribution in [0, 0.1) is 0 Å². The van der Waals surface area contributed by atoms with Gasteiger partial charge < -0.3 is 5.73 Å². The molecule has 2 N–H and O–H groups in total. The molecule has 3 nitrogen and oxygen atoms in total. The smallest absolute Gasteiger partial charge is 0.133 e. The van der Waals surface area contributed by atoms with Crippen LogP contribution in [-0.4, -0.2) is 9.97 Å². The Morgan fingerprint density at radius 2 is 2.27 bits per heavy atom. The fourth-order valence-corrected chi connectivity index (χ4v) is 1.00. The van der Waals surface area contributed by atoms with E-state index in [1.54, 1.807) is 6.07 Å². The van der Waals surface area contributed by atoms with Gasteiger partial charge in [-0.25, -0.2) is 9.97 Å². The highest BCUT2D eigenvalue weighted by atomic mass is 35.5. The van der Waals surface area contributed by atoms with Crippen LogP contribution in [0.2, 0.25) is 5.15 Å². The molecule has 0 saturated heterocycles. The van der Waals surface area contributed by atoms with Crippen molar-refractivity contribution in [3.8, 4) is 0 Å². The molecule has 0 saturated carbocycles. The maximum Gasteiger partial charge on any atom is 0.133 e. The molecule has 0 atom stereocenters. The third-order valence-electron chi connectivity index (χ3n) is 1.32. The highest BCUT2D eigenvalue weighted by Crippen LogP contribution is 2.06. The fraction of sp³-hybridized carbons (Fsp3) is 0.429. The molecule has 0 aliphatic carbocycles. The van der Waals surface area contributed by atoms with Crippen LogP contribution in [-0.2, 0) is 13.0 Å². The highest BCUT2D eigenvalue weighted by Gasteiger charge is 1.98. The molecule has 11 heavy (non-hydrogen) atoms. The summed E-state index contributed by atoms with van der Waals surface area (Å²) in [6, 6.07) is 1.68. The van der Waals surface area contributed by atoms with Crippen LogP contribution in [0.1, 0.15) is 18.4 Å². The Kier molecular flexibility index (Phi) is 2.79. The van der Waals surface area contributed by atoms with E-state index in [0.29, 0.717) is 11.7 Å². The molecular formula is C7H10ClN3. The molecule has 1 aromatic heterocycles. The molecule has 0 bridgehead atoms. The van der Waals surface area contributed by atoms with Gasteiger partial charge in [0.2, 0.25) is 0 Å². The van der Waals surface area contributed by atoms with Crippen molar-refractivity contribution in [3.05, 3.63) is 22.7 Å². The van der Waals surface area contributed by atoms with Crippen LogP contribution < -0.4 is 5.73 Å². The van der Waals surface area contributed by atoms with Crippen LogP contribution in [0.25, 0.3) is 0 Å². The van der Waals surface area contributed by atoms with Crippen LogP contribution in [0.15, 0.2) is 6.07 Å². The summed E-state index contributed by atoms with van der Waals surface area (Å²) in [5, 5.41) is 0.470. The van der Waals surface area contributed by atoms with E-state index in [2.05, 4.69) is 9.97 Å². The van der Waals surface area contributed by atoms with Crippen LogP contribution in [0.4, 0.5) is 0 Å². The molecule has 60 valence electrons. The van der Waals surface area contributed by atoms with Crippen molar-refractivity contribution in [3.63, 3.8) is 0 Å². The maximum absolute atomic E-state index is 5.70. The Hall–Kier alpha value is -0.670. The third kappa shape index (κ3) is 2.13. The molecule has 0 radical (unpaired) electrons. The van der Waals surface area contributed by atoms with E-state index in [4.69, 9.17) is 17.3 Å². The number of nitrogens with zero attached hydrogens (tertiary/aromatic N) is 2. The van der Waals surface area contributed by atoms with Gasteiger partial charge in [-0.15, -0.1) is 0 Å². The van der Waals surface area contributed by atoms with Crippen LogP contribution in [0.5, 0.6) is 0 Å². The van der Waals surface area contributed by atoms with Crippen molar-refractivity contribution in [2.45, 2.75) is 19.9 Å². The number of rotatable bonds is 2. The van der Waals surface area contributed by atoms with Crippen LogP contribution >= 0.6 is 11.6 Å². The Balaban J connectivity index is 3.02. The second-order valence-corrected chi connectivity index (χ2v) is 2.54. The predicted octanol–water partition coefficient (Wildman–Crippen LogP) is 1.15. The van der Waals surface area contributed by atoms with E-state index >= 15 is 0 Å². The normalized spacial score (nSPS) is 10.1.